The molecule has 102 valence electrons. The molecule has 1 aromatic rings. The van der Waals surface area contributed by atoms with Crippen molar-refractivity contribution in [2.24, 2.45) is 5.92 Å². The van der Waals surface area contributed by atoms with E-state index in [1.54, 1.807) is 0 Å². The summed E-state index contributed by atoms with van der Waals surface area (Å²) in [5.74, 6) is 1.32. The van der Waals surface area contributed by atoms with E-state index in [0.717, 1.165) is 30.9 Å². The molecule has 1 saturated heterocycles. The zero-order valence-corrected chi connectivity index (χ0v) is 11.9. The van der Waals surface area contributed by atoms with Crippen LogP contribution in [0.25, 0.3) is 0 Å². The molecule has 0 saturated carbocycles. The van der Waals surface area contributed by atoms with Crippen LogP contribution in [-0.4, -0.2) is 36.9 Å². The first-order chi connectivity index (χ1) is 9.13. The maximum atomic E-state index is 9.32. The lowest BCUT2D eigenvalue weighted by Gasteiger charge is -2.28. The van der Waals surface area contributed by atoms with E-state index in [-0.39, 0.29) is 0 Å². The summed E-state index contributed by atoms with van der Waals surface area (Å²) < 4.78 is 0. The fourth-order valence-electron chi connectivity index (χ4n) is 2.55. The van der Waals surface area contributed by atoms with E-state index in [0.29, 0.717) is 17.3 Å². The zero-order valence-electron chi connectivity index (χ0n) is 11.9. The summed E-state index contributed by atoms with van der Waals surface area (Å²) in [5, 5.41) is 21.1. The molecule has 1 fully saturated rings. The van der Waals surface area contributed by atoms with E-state index in [4.69, 9.17) is 0 Å². The molecule has 0 amide bonds. The van der Waals surface area contributed by atoms with Gasteiger partial charge in [-0.1, -0.05) is 0 Å². The van der Waals surface area contributed by atoms with Crippen LogP contribution in [0.1, 0.15) is 29.7 Å². The molecule has 1 unspecified atom stereocenters. The Kier molecular flexibility index (Phi) is 4.33. The molecule has 1 aromatic heterocycles. The molecule has 1 atom stereocenters. The highest BCUT2D eigenvalue weighted by molar-refractivity contribution is 5.57. The third-order valence-electron chi connectivity index (χ3n) is 3.84. The van der Waals surface area contributed by atoms with Crippen LogP contribution in [0.4, 0.5) is 5.82 Å². The van der Waals surface area contributed by atoms with Crippen molar-refractivity contribution in [3.63, 3.8) is 0 Å². The average molecular weight is 259 g/mol. The highest BCUT2D eigenvalue weighted by Crippen LogP contribution is 2.22. The Balaban J connectivity index is 2.16. The lowest BCUT2D eigenvalue weighted by atomic mass is 9.99. The first kappa shape index (κ1) is 13.8. The van der Waals surface area contributed by atoms with Crippen molar-refractivity contribution in [2.75, 3.05) is 31.6 Å². The minimum Gasteiger partial charge on any atom is -0.357 e. The topological polar surface area (TPSA) is 64.8 Å². The first-order valence-electron chi connectivity index (χ1n) is 6.79. The fourth-order valence-corrected chi connectivity index (χ4v) is 2.55. The largest absolute Gasteiger partial charge is 0.357 e. The van der Waals surface area contributed by atoms with Gasteiger partial charge in [-0.05, 0) is 51.3 Å². The highest BCUT2D eigenvalue weighted by atomic mass is 15.3. The van der Waals surface area contributed by atoms with Gasteiger partial charge in [0.05, 0.1) is 5.69 Å². The van der Waals surface area contributed by atoms with Crippen molar-refractivity contribution < 1.29 is 0 Å². The smallest absolute Gasteiger partial charge is 0.169 e. The summed E-state index contributed by atoms with van der Waals surface area (Å²) in [6.45, 7) is 6.90. The summed E-state index contributed by atoms with van der Waals surface area (Å²) >= 11 is 0. The van der Waals surface area contributed by atoms with Gasteiger partial charge in [0.2, 0.25) is 0 Å². The van der Waals surface area contributed by atoms with E-state index < -0.39 is 0 Å². The quantitative estimate of drug-likeness (QED) is 0.889. The third-order valence-corrected chi connectivity index (χ3v) is 3.84. The Bertz CT molecular complexity index is 485. The van der Waals surface area contributed by atoms with Gasteiger partial charge >= 0.3 is 0 Å². The van der Waals surface area contributed by atoms with Crippen LogP contribution in [0.15, 0.2) is 0 Å². The van der Waals surface area contributed by atoms with Gasteiger partial charge in [-0.2, -0.15) is 10.4 Å². The third kappa shape index (κ3) is 3.02. The van der Waals surface area contributed by atoms with Gasteiger partial charge in [0.15, 0.2) is 5.82 Å². The van der Waals surface area contributed by atoms with Crippen molar-refractivity contribution in [3.8, 4) is 6.07 Å². The number of anilines is 1. The van der Waals surface area contributed by atoms with E-state index in [1.165, 1.54) is 12.8 Å². The van der Waals surface area contributed by atoms with Crippen LogP contribution in [0.2, 0.25) is 0 Å². The molecule has 2 heterocycles. The fraction of sp³-hybridized carbons (Fsp3) is 0.643. The molecule has 5 nitrogen and oxygen atoms in total. The highest BCUT2D eigenvalue weighted by Gasteiger charge is 2.19. The number of nitrogens with zero attached hydrogens (tertiary/aromatic N) is 4. The van der Waals surface area contributed by atoms with Crippen molar-refractivity contribution in [2.45, 2.75) is 26.7 Å². The predicted octanol–water partition coefficient (Wildman–Crippen LogP) is 1.40. The summed E-state index contributed by atoms with van der Waals surface area (Å²) in [6.07, 6.45) is 2.46. The second-order valence-corrected chi connectivity index (χ2v) is 5.31. The van der Waals surface area contributed by atoms with Crippen LogP contribution in [0, 0.1) is 31.1 Å². The normalized spacial score (nSPS) is 18.9. The van der Waals surface area contributed by atoms with Crippen LogP contribution in [0.5, 0.6) is 0 Å². The Morgan fingerprint density at radius 1 is 1.42 bits per heavy atom. The minimum atomic E-state index is 0.619. The standard InChI is InChI=1S/C14H21N5/c1-10-11(2)17-18-14(13(10)7-15)19(3)9-12-5-4-6-16-8-12/h12,16H,4-6,8-9H2,1-3H3. The summed E-state index contributed by atoms with van der Waals surface area (Å²) in [7, 11) is 1.99. The molecule has 1 aliphatic rings. The maximum Gasteiger partial charge on any atom is 0.169 e. The number of hydrogen-bond donors (Lipinski definition) is 1. The second kappa shape index (κ2) is 5.98. The number of rotatable bonds is 3. The number of nitriles is 1. The number of hydrogen-bond acceptors (Lipinski definition) is 5. The molecule has 0 spiro atoms. The van der Waals surface area contributed by atoms with Crippen molar-refractivity contribution in [1.29, 1.82) is 5.26 Å². The van der Waals surface area contributed by atoms with Gasteiger partial charge in [0.1, 0.15) is 11.6 Å². The zero-order chi connectivity index (χ0) is 13.8. The molecule has 19 heavy (non-hydrogen) atoms. The molecular weight excluding hydrogens is 238 g/mol. The minimum absolute atomic E-state index is 0.619. The molecule has 1 aliphatic heterocycles. The van der Waals surface area contributed by atoms with E-state index in [2.05, 4.69) is 26.5 Å². The number of piperidine rings is 1. The van der Waals surface area contributed by atoms with Crippen LogP contribution >= 0.6 is 0 Å². The van der Waals surface area contributed by atoms with Crippen LogP contribution in [0.3, 0.4) is 0 Å². The SMILES string of the molecule is Cc1nnc(N(C)CC2CCCNC2)c(C#N)c1C. The number of aryl methyl sites for hydroxylation is 1. The molecule has 0 bridgehead atoms. The summed E-state index contributed by atoms with van der Waals surface area (Å²) in [4.78, 5) is 2.07. The Morgan fingerprint density at radius 3 is 2.84 bits per heavy atom. The first-order valence-corrected chi connectivity index (χ1v) is 6.79. The van der Waals surface area contributed by atoms with Gasteiger partial charge in [0, 0.05) is 13.6 Å². The molecule has 5 heteroatoms. The van der Waals surface area contributed by atoms with Crippen LogP contribution < -0.4 is 10.2 Å². The number of nitrogens with one attached hydrogen (secondary N) is 1. The van der Waals surface area contributed by atoms with Gasteiger partial charge in [0.25, 0.3) is 0 Å². The molecule has 2 rings (SSSR count). The van der Waals surface area contributed by atoms with Gasteiger partial charge in [-0.15, -0.1) is 5.10 Å². The van der Waals surface area contributed by atoms with E-state index in [9.17, 15) is 5.26 Å². The number of aromatic nitrogens is 2. The van der Waals surface area contributed by atoms with Gasteiger partial charge in [-0.25, -0.2) is 0 Å². The lowest BCUT2D eigenvalue weighted by molar-refractivity contribution is 0.380. The van der Waals surface area contributed by atoms with Gasteiger partial charge < -0.3 is 10.2 Å². The maximum absolute atomic E-state index is 9.32. The molecule has 1 N–H and O–H groups in total. The lowest BCUT2D eigenvalue weighted by Crippen LogP contribution is -2.37. The molecule has 0 aliphatic carbocycles. The summed E-state index contributed by atoms with van der Waals surface area (Å²) in [5.41, 5.74) is 2.41. The molecule has 0 aromatic carbocycles. The predicted molar refractivity (Wildman–Crippen MR) is 75.1 cm³/mol. The van der Waals surface area contributed by atoms with E-state index >= 15 is 0 Å². The molecular formula is C14H21N5. The Hall–Kier alpha value is -1.67. The monoisotopic (exact) mass is 259 g/mol. The summed E-state index contributed by atoms with van der Waals surface area (Å²) in [6, 6.07) is 2.26. The average Bonchev–Trinajstić information content (AvgIpc) is 2.42. The Morgan fingerprint density at radius 2 is 2.21 bits per heavy atom. The van der Waals surface area contributed by atoms with E-state index in [1.807, 2.05) is 20.9 Å². The molecule has 0 radical (unpaired) electrons. The van der Waals surface area contributed by atoms with Crippen LogP contribution in [-0.2, 0) is 0 Å². The second-order valence-electron chi connectivity index (χ2n) is 5.31. The van der Waals surface area contributed by atoms with Gasteiger partial charge in [-0.3, -0.25) is 0 Å². The van der Waals surface area contributed by atoms with Crippen molar-refractivity contribution in [1.82, 2.24) is 15.5 Å². The van der Waals surface area contributed by atoms with Crippen molar-refractivity contribution in [3.05, 3.63) is 16.8 Å². The Labute approximate surface area is 114 Å². The van der Waals surface area contributed by atoms with Crippen molar-refractivity contribution >= 4 is 5.82 Å².